The van der Waals surface area contributed by atoms with E-state index in [-0.39, 0.29) is 12.1 Å². The standard InChI is InChI=1S/C34H31N3O7/c1-42-24-15-13-23(14-16-24)31(33(40)35-27-18-17-25(43-2)19-29(27)44-3)37(20-22-9-5-4-6-10-22)30(38)21-36-28-12-8-7-11-26(28)32(39)34(36)41/h4-19,31H,20-21H2,1-3H3,(H,35,40). The molecule has 5 rings (SSSR count). The Morgan fingerprint density at radius 1 is 0.795 bits per heavy atom. The second kappa shape index (κ2) is 13.1. The van der Waals surface area contributed by atoms with Crippen LogP contribution in [0.4, 0.5) is 11.4 Å². The summed E-state index contributed by atoms with van der Waals surface area (Å²) in [6.45, 7) is -0.401. The van der Waals surface area contributed by atoms with Gasteiger partial charge in [0.1, 0.15) is 29.8 Å². The molecule has 4 aromatic carbocycles. The molecule has 4 aromatic rings. The van der Waals surface area contributed by atoms with Crippen molar-refractivity contribution >= 4 is 34.9 Å². The molecule has 0 fully saturated rings. The summed E-state index contributed by atoms with van der Waals surface area (Å²) >= 11 is 0. The molecule has 0 aromatic heterocycles. The number of hydrogen-bond donors (Lipinski definition) is 1. The molecule has 3 amide bonds. The third-order valence-corrected chi connectivity index (χ3v) is 7.35. The van der Waals surface area contributed by atoms with Gasteiger partial charge in [-0.05, 0) is 47.5 Å². The molecule has 10 nitrogen and oxygen atoms in total. The highest BCUT2D eigenvalue weighted by Gasteiger charge is 2.39. The Hall–Kier alpha value is -5.64. The lowest BCUT2D eigenvalue weighted by Gasteiger charge is -2.33. The summed E-state index contributed by atoms with van der Waals surface area (Å²) in [5.74, 6) is -1.06. The van der Waals surface area contributed by atoms with Crippen molar-refractivity contribution in [1.82, 2.24) is 4.90 Å². The lowest BCUT2D eigenvalue weighted by Crippen LogP contribution is -2.46. The molecule has 1 N–H and O–H groups in total. The minimum atomic E-state index is -1.15. The number of ketones is 1. The van der Waals surface area contributed by atoms with E-state index < -0.39 is 36.1 Å². The zero-order valence-electron chi connectivity index (χ0n) is 24.5. The monoisotopic (exact) mass is 593 g/mol. The van der Waals surface area contributed by atoms with Gasteiger partial charge in [-0.2, -0.15) is 0 Å². The molecular weight excluding hydrogens is 562 g/mol. The molecule has 1 atom stereocenters. The highest BCUT2D eigenvalue weighted by Crippen LogP contribution is 2.33. The van der Waals surface area contributed by atoms with E-state index in [0.717, 1.165) is 10.5 Å². The molecule has 44 heavy (non-hydrogen) atoms. The maximum atomic E-state index is 14.2. The van der Waals surface area contributed by atoms with E-state index in [1.54, 1.807) is 66.7 Å². The number of carbonyl (C=O) groups is 4. The van der Waals surface area contributed by atoms with Crippen LogP contribution in [0.15, 0.2) is 97.1 Å². The van der Waals surface area contributed by atoms with Crippen LogP contribution in [0.5, 0.6) is 17.2 Å². The fourth-order valence-electron chi connectivity index (χ4n) is 5.10. The van der Waals surface area contributed by atoms with Crippen molar-refractivity contribution < 1.29 is 33.4 Å². The summed E-state index contributed by atoms with van der Waals surface area (Å²) in [6, 6.07) is 26.4. The first-order valence-corrected chi connectivity index (χ1v) is 13.8. The summed E-state index contributed by atoms with van der Waals surface area (Å²) in [5, 5.41) is 2.91. The average Bonchev–Trinajstić information content (AvgIpc) is 3.30. The van der Waals surface area contributed by atoms with Crippen molar-refractivity contribution in [3.63, 3.8) is 0 Å². The number of nitrogens with one attached hydrogen (secondary N) is 1. The van der Waals surface area contributed by atoms with E-state index in [4.69, 9.17) is 14.2 Å². The van der Waals surface area contributed by atoms with Crippen molar-refractivity contribution in [2.45, 2.75) is 12.6 Å². The number of carbonyl (C=O) groups excluding carboxylic acids is 4. The number of methoxy groups -OCH3 is 3. The summed E-state index contributed by atoms with van der Waals surface area (Å²) in [6.07, 6.45) is 0. The lowest BCUT2D eigenvalue weighted by molar-refractivity contribution is -0.139. The number of fused-ring (bicyclic) bond motifs is 1. The van der Waals surface area contributed by atoms with Crippen molar-refractivity contribution in [1.29, 1.82) is 0 Å². The van der Waals surface area contributed by atoms with Crippen LogP contribution in [0, 0.1) is 0 Å². The molecule has 1 aliphatic rings. The molecule has 0 spiro atoms. The zero-order chi connectivity index (χ0) is 31.2. The van der Waals surface area contributed by atoms with Crippen LogP contribution in [0.3, 0.4) is 0 Å². The normalized spacial score (nSPS) is 12.8. The third kappa shape index (κ3) is 6.10. The highest BCUT2D eigenvalue weighted by molar-refractivity contribution is 6.52. The first-order valence-electron chi connectivity index (χ1n) is 13.8. The van der Waals surface area contributed by atoms with Gasteiger partial charge in [0.2, 0.25) is 5.91 Å². The van der Waals surface area contributed by atoms with Crippen molar-refractivity contribution in [2.75, 3.05) is 38.1 Å². The molecule has 1 unspecified atom stereocenters. The number of anilines is 2. The maximum Gasteiger partial charge on any atom is 0.299 e. The number of rotatable bonds is 11. The smallest absolute Gasteiger partial charge is 0.299 e. The summed E-state index contributed by atoms with van der Waals surface area (Å²) in [4.78, 5) is 56.7. The molecule has 0 saturated heterocycles. The quantitative estimate of drug-likeness (QED) is 0.252. The number of amides is 3. The predicted octanol–water partition coefficient (Wildman–Crippen LogP) is 4.65. The number of Topliss-reactive ketones (excluding diaryl/α,β-unsaturated/α-hetero) is 1. The molecular formula is C34H31N3O7. The van der Waals surface area contributed by atoms with Crippen molar-refractivity contribution in [3.8, 4) is 17.2 Å². The first kappa shape index (κ1) is 29.8. The predicted molar refractivity (Wildman–Crippen MR) is 164 cm³/mol. The second-order valence-electron chi connectivity index (χ2n) is 9.98. The maximum absolute atomic E-state index is 14.2. The van der Waals surface area contributed by atoms with Gasteiger partial charge in [-0.3, -0.25) is 24.1 Å². The fourth-order valence-corrected chi connectivity index (χ4v) is 5.10. The van der Waals surface area contributed by atoms with E-state index in [1.807, 2.05) is 30.3 Å². The van der Waals surface area contributed by atoms with Gasteiger partial charge in [-0.25, -0.2) is 0 Å². The minimum absolute atomic E-state index is 0.0428. The SMILES string of the molecule is COc1ccc(C(C(=O)Nc2ccc(OC)cc2OC)N(Cc2ccccc2)C(=O)CN2C(=O)C(=O)c3ccccc32)cc1. The lowest BCUT2D eigenvalue weighted by atomic mass is 10.0. The van der Waals surface area contributed by atoms with Crippen molar-refractivity contribution in [2.24, 2.45) is 0 Å². The van der Waals surface area contributed by atoms with Gasteiger partial charge in [-0.1, -0.05) is 54.6 Å². The van der Waals surface area contributed by atoms with Crippen LogP contribution in [-0.4, -0.2) is 56.3 Å². The number of benzene rings is 4. The van der Waals surface area contributed by atoms with Crippen LogP contribution in [0.25, 0.3) is 0 Å². The van der Waals surface area contributed by atoms with E-state index in [1.165, 1.54) is 26.2 Å². The molecule has 1 aliphatic heterocycles. The van der Waals surface area contributed by atoms with E-state index >= 15 is 0 Å². The van der Waals surface area contributed by atoms with Gasteiger partial charge in [0.25, 0.3) is 17.6 Å². The average molecular weight is 594 g/mol. The third-order valence-electron chi connectivity index (χ3n) is 7.35. The van der Waals surface area contributed by atoms with Crippen LogP contribution in [-0.2, 0) is 20.9 Å². The highest BCUT2D eigenvalue weighted by atomic mass is 16.5. The summed E-state index contributed by atoms with van der Waals surface area (Å²) in [7, 11) is 4.53. The Balaban J connectivity index is 1.56. The van der Waals surface area contributed by atoms with E-state index in [9.17, 15) is 19.2 Å². The van der Waals surface area contributed by atoms with Crippen LogP contribution in [0.2, 0.25) is 0 Å². The Morgan fingerprint density at radius 2 is 1.45 bits per heavy atom. The molecule has 0 aliphatic carbocycles. The Morgan fingerprint density at radius 3 is 2.14 bits per heavy atom. The Labute approximate surface area is 254 Å². The summed E-state index contributed by atoms with van der Waals surface area (Å²) in [5.41, 5.74) is 2.22. The molecule has 0 bridgehead atoms. The van der Waals surface area contributed by atoms with Gasteiger partial charge in [0, 0.05) is 12.6 Å². The zero-order valence-corrected chi connectivity index (χ0v) is 24.5. The molecule has 224 valence electrons. The van der Waals surface area contributed by atoms with Crippen molar-refractivity contribution in [3.05, 3.63) is 114 Å². The van der Waals surface area contributed by atoms with Gasteiger partial charge >= 0.3 is 0 Å². The van der Waals surface area contributed by atoms with Gasteiger partial charge in [-0.15, -0.1) is 0 Å². The Kier molecular flexibility index (Phi) is 8.90. The molecule has 0 saturated carbocycles. The van der Waals surface area contributed by atoms with Crippen LogP contribution >= 0.6 is 0 Å². The Bertz CT molecular complexity index is 1690. The molecule has 0 radical (unpaired) electrons. The number of hydrogen-bond acceptors (Lipinski definition) is 7. The van der Waals surface area contributed by atoms with Gasteiger partial charge in [0.15, 0.2) is 0 Å². The van der Waals surface area contributed by atoms with Crippen LogP contribution in [0.1, 0.15) is 27.5 Å². The molecule has 1 heterocycles. The summed E-state index contributed by atoms with van der Waals surface area (Å²) < 4.78 is 16.1. The largest absolute Gasteiger partial charge is 0.497 e. The van der Waals surface area contributed by atoms with Crippen LogP contribution < -0.4 is 24.4 Å². The molecule has 10 heteroatoms. The van der Waals surface area contributed by atoms with Gasteiger partial charge in [0.05, 0.1) is 38.3 Å². The fraction of sp³-hybridized carbons (Fsp3) is 0.176. The van der Waals surface area contributed by atoms with E-state index in [0.29, 0.717) is 34.2 Å². The van der Waals surface area contributed by atoms with E-state index in [2.05, 4.69) is 5.32 Å². The number of para-hydroxylation sites is 1. The minimum Gasteiger partial charge on any atom is -0.497 e. The number of ether oxygens (including phenoxy) is 3. The first-order chi connectivity index (χ1) is 21.3. The second-order valence-corrected chi connectivity index (χ2v) is 9.98. The number of nitrogens with zero attached hydrogens (tertiary/aromatic N) is 2. The van der Waals surface area contributed by atoms with Gasteiger partial charge < -0.3 is 24.4 Å². The topological polar surface area (TPSA) is 114 Å².